The van der Waals surface area contributed by atoms with Gasteiger partial charge in [0.25, 0.3) is 0 Å². The van der Waals surface area contributed by atoms with Crippen LogP contribution in [0.1, 0.15) is 60.5 Å². The van der Waals surface area contributed by atoms with Gasteiger partial charge in [-0.3, -0.25) is 4.79 Å². The first kappa shape index (κ1) is 21.7. The molecule has 3 unspecified atom stereocenters. The lowest BCUT2D eigenvalue weighted by Crippen LogP contribution is -2.76. The summed E-state index contributed by atoms with van der Waals surface area (Å²) in [5, 5.41) is 3.00. The molecule has 1 amide bonds. The molecule has 0 spiro atoms. The van der Waals surface area contributed by atoms with E-state index >= 15 is 0 Å². The third kappa shape index (κ3) is 4.46. The second-order valence-corrected chi connectivity index (χ2v) is 9.30. The van der Waals surface area contributed by atoms with E-state index in [9.17, 15) is 4.79 Å². The van der Waals surface area contributed by atoms with Gasteiger partial charge in [0.2, 0.25) is 5.91 Å². The minimum Gasteiger partial charge on any atom is -0.491 e. The van der Waals surface area contributed by atoms with Gasteiger partial charge in [0.05, 0.1) is 12.1 Å². The molecule has 1 aromatic carbocycles. The predicted octanol–water partition coefficient (Wildman–Crippen LogP) is 3.40. The standard InChI is InChI=1S/C22H36N2O3/c1-8-26-18-13-22(23,21(18,6)7)19(25)24-15(2)14-27-17-11-9-16(10-12-17)20(3,4)5/h9-12,15,18H,8,13-14,23H2,1-7H3,(H,24,25). The molecule has 2 rings (SSSR count). The van der Waals surface area contributed by atoms with Crippen LogP contribution in [-0.2, 0) is 14.9 Å². The van der Waals surface area contributed by atoms with Gasteiger partial charge in [-0.25, -0.2) is 0 Å². The number of carbonyl (C=O) groups excluding carboxylic acids is 1. The number of benzene rings is 1. The van der Waals surface area contributed by atoms with Crippen LogP contribution in [0.15, 0.2) is 24.3 Å². The largest absolute Gasteiger partial charge is 0.491 e. The molecule has 3 atom stereocenters. The summed E-state index contributed by atoms with van der Waals surface area (Å²) in [4.78, 5) is 12.7. The monoisotopic (exact) mass is 376 g/mol. The molecule has 0 radical (unpaired) electrons. The number of hydrogen-bond acceptors (Lipinski definition) is 4. The minimum atomic E-state index is -0.907. The zero-order chi connectivity index (χ0) is 20.5. The van der Waals surface area contributed by atoms with Gasteiger partial charge in [-0.1, -0.05) is 46.8 Å². The highest BCUT2D eigenvalue weighted by atomic mass is 16.5. The van der Waals surface area contributed by atoms with Gasteiger partial charge in [0.15, 0.2) is 0 Å². The third-order valence-corrected chi connectivity index (χ3v) is 5.83. The molecule has 1 aromatic rings. The van der Waals surface area contributed by atoms with Crippen LogP contribution in [0.5, 0.6) is 5.75 Å². The van der Waals surface area contributed by atoms with Gasteiger partial charge in [0, 0.05) is 18.4 Å². The van der Waals surface area contributed by atoms with Crippen molar-refractivity contribution in [2.24, 2.45) is 11.1 Å². The summed E-state index contributed by atoms with van der Waals surface area (Å²) in [6, 6.07) is 7.97. The zero-order valence-corrected chi connectivity index (χ0v) is 17.9. The van der Waals surface area contributed by atoms with Crippen molar-refractivity contribution in [2.45, 2.75) is 78.0 Å². The lowest BCUT2D eigenvalue weighted by Gasteiger charge is -2.57. The van der Waals surface area contributed by atoms with Crippen LogP contribution < -0.4 is 15.8 Å². The number of rotatable bonds is 7. The van der Waals surface area contributed by atoms with Gasteiger partial charge in [-0.05, 0) is 37.0 Å². The summed E-state index contributed by atoms with van der Waals surface area (Å²) in [5.41, 5.74) is 6.50. The fourth-order valence-corrected chi connectivity index (χ4v) is 3.49. The molecule has 27 heavy (non-hydrogen) atoms. The van der Waals surface area contributed by atoms with Crippen molar-refractivity contribution < 1.29 is 14.3 Å². The molecule has 3 N–H and O–H groups in total. The Kier molecular flexibility index (Phi) is 6.27. The number of carbonyl (C=O) groups is 1. The smallest absolute Gasteiger partial charge is 0.241 e. The molecule has 0 bridgehead atoms. The Morgan fingerprint density at radius 3 is 2.37 bits per heavy atom. The van der Waals surface area contributed by atoms with Crippen LogP contribution in [0.3, 0.4) is 0 Å². The van der Waals surface area contributed by atoms with Gasteiger partial charge in [0.1, 0.15) is 17.9 Å². The molecule has 1 saturated carbocycles. The van der Waals surface area contributed by atoms with Gasteiger partial charge < -0.3 is 20.5 Å². The number of amides is 1. The molecule has 1 fully saturated rings. The Morgan fingerprint density at radius 1 is 1.30 bits per heavy atom. The average molecular weight is 377 g/mol. The number of nitrogens with two attached hydrogens (primary N) is 1. The Labute approximate surface area is 164 Å². The maximum absolute atomic E-state index is 12.7. The Morgan fingerprint density at radius 2 is 1.89 bits per heavy atom. The fraction of sp³-hybridized carbons (Fsp3) is 0.682. The molecule has 152 valence electrons. The number of nitrogens with one attached hydrogen (secondary N) is 1. The van der Waals surface area contributed by atoms with Gasteiger partial charge in [-0.2, -0.15) is 0 Å². The highest BCUT2D eigenvalue weighted by Crippen LogP contribution is 2.49. The minimum absolute atomic E-state index is 0.0196. The highest BCUT2D eigenvalue weighted by molar-refractivity contribution is 5.89. The van der Waals surface area contributed by atoms with Crippen molar-refractivity contribution in [1.82, 2.24) is 5.32 Å². The van der Waals surface area contributed by atoms with Crippen molar-refractivity contribution in [3.8, 4) is 5.75 Å². The van der Waals surface area contributed by atoms with Crippen molar-refractivity contribution >= 4 is 5.91 Å². The number of ether oxygens (including phenoxy) is 2. The molecule has 1 aliphatic carbocycles. The molecule has 0 heterocycles. The normalized spacial score (nSPS) is 25.4. The first-order chi connectivity index (χ1) is 12.4. The molecule has 5 heteroatoms. The van der Waals surface area contributed by atoms with E-state index in [-0.39, 0.29) is 23.5 Å². The maximum atomic E-state index is 12.7. The van der Waals surface area contributed by atoms with Crippen molar-refractivity contribution in [3.05, 3.63) is 29.8 Å². The van der Waals surface area contributed by atoms with Crippen LogP contribution in [0.25, 0.3) is 0 Å². The first-order valence-corrected chi connectivity index (χ1v) is 9.86. The molecule has 0 aromatic heterocycles. The number of hydrogen-bond donors (Lipinski definition) is 2. The summed E-state index contributed by atoms with van der Waals surface area (Å²) >= 11 is 0. The quantitative estimate of drug-likeness (QED) is 0.765. The van der Waals surface area contributed by atoms with E-state index in [1.165, 1.54) is 5.56 Å². The van der Waals surface area contributed by atoms with Gasteiger partial charge >= 0.3 is 0 Å². The van der Waals surface area contributed by atoms with Crippen LogP contribution in [-0.4, -0.2) is 36.8 Å². The summed E-state index contributed by atoms with van der Waals surface area (Å²) in [6.07, 6.45) is 0.563. The van der Waals surface area contributed by atoms with Crippen molar-refractivity contribution in [2.75, 3.05) is 13.2 Å². The molecular weight excluding hydrogens is 340 g/mol. The van der Waals surface area contributed by atoms with E-state index in [2.05, 4.69) is 38.2 Å². The summed E-state index contributed by atoms with van der Waals surface area (Å²) in [5.74, 6) is 0.662. The summed E-state index contributed by atoms with van der Waals surface area (Å²) in [7, 11) is 0. The SMILES string of the molecule is CCOC1CC(N)(C(=O)NC(C)COc2ccc(C(C)(C)C)cc2)C1(C)C. The van der Waals surface area contributed by atoms with Crippen LogP contribution >= 0.6 is 0 Å². The third-order valence-electron chi connectivity index (χ3n) is 5.83. The van der Waals surface area contributed by atoms with E-state index in [1.54, 1.807) is 0 Å². The first-order valence-electron chi connectivity index (χ1n) is 9.86. The van der Waals surface area contributed by atoms with Crippen molar-refractivity contribution in [3.63, 3.8) is 0 Å². The average Bonchev–Trinajstić information content (AvgIpc) is 2.59. The molecule has 1 aliphatic rings. The van der Waals surface area contributed by atoms with E-state index in [4.69, 9.17) is 15.2 Å². The van der Waals surface area contributed by atoms with Crippen LogP contribution in [0.4, 0.5) is 0 Å². The molecule has 0 aliphatic heterocycles. The van der Waals surface area contributed by atoms with Crippen LogP contribution in [0.2, 0.25) is 0 Å². The second-order valence-electron chi connectivity index (χ2n) is 9.30. The second kappa shape index (κ2) is 7.80. The summed E-state index contributed by atoms with van der Waals surface area (Å²) in [6.45, 7) is 15.4. The lowest BCUT2D eigenvalue weighted by molar-refractivity contribution is -0.171. The van der Waals surface area contributed by atoms with Gasteiger partial charge in [-0.15, -0.1) is 0 Å². The highest BCUT2D eigenvalue weighted by Gasteiger charge is 2.62. The Bertz CT molecular complexity index is 649. The van der Waals surface area contributed by atoms with E-state index < -0.39 is 11.0 Å². The lowest BCUT2D eigenvalue weighted by atomic mass is 9.54. The van der Waals surface area contributed by atoms with Crippen LogP contribution in [0, 0.1) is 5.41 Å². The maximum Gasteiger partial charge on any atom is 0.241 e. The Balaban J connectivity index is 1.87. The van der Waals surface area contributed by atoms with E-state index in [0.717, 1.165) is 5.75 Å². The molecular formula is C22H36N2O3. The van der Waals surface area contributed by atoms with Crippen molar-refractivity contribution in [1.29, 1.82) is 0 Å². The zero-order valence-electron chi connectivity index (χ0n) is 17.9. The molecule has 0 saturated heterocycles. The fourth-order valence-electron chi connectivity index (χ4n) is 3.49. The van der Waals surface area contributed by atoms with E-state index in [1.807, 2.05) is 39.8 Å². The Hall–Kier alpha value is -1.59. The van der Waals surface area contributed by atoms with E-state index in [0.29, 0.717) is 19.6 Å². The predicted molar refractivity (Wildman–Crippen MR) is 109 cm³/mol. The molecule has 5 nitrogen and oxygen atoms in total. The summed E-state index contributed by atoms with van der Waals surface area (Å²) < 4.78 is 11.5. The topological polar surface area (TPSA) is 73.6 Å².